The molecule has 1 fully saturated rings. The molecule has 1 heterocycles. The van der Waals surface area contributed by atoms with E-state index in [0.717, 1.165) is 0 Å². The highest BCUT2D eigenvalue weighted by Gasteiger charge is 2.25. The highest BCUT2D eigenvalue weighted by atomic mass is 32.2. The van der Waals surface area contributed by atoms with Crippen molar-refractivity contribution < 1.29 is 13.2 Å². The zero-order valence-corrected chi connectivity index (χ0v) is 5.52. The Balaban J connectivity index is 2.68. The Labute approximate surface area is 53.3 Å². The molecule has 1 atom stereocenters. The second kappa shape index (κ2) is 2.07. The fraction of sp³-hybridized carbons (Fsp3) is 0.750. The Morgan fingerprint density at radius 2 is 2.22 bits per heavy atom. The molecule has 1 aliphatic rings. The zero-order valence-electron chi connectivity index (χ0n) is 4.70. The van der Waals surface area contributed by atoms with Gasteiger partial charge in [-0.2, -0.15) is 0 Å². The van der Waals surface area contributed by atoms with Gasteiger partial charge in [0, 0.05) is 0 Å². The summed E-state index contributed by atoms with van der Waals surface area (Å²) in [5, 5.41) is 0. The normalized spacial score (nSPS) is 32.2. The van der Waals surface area contributed by atoms with Gasteiger partial charge in [-0.1, -0.05) is 0 Å². The Bertz CT molecular complexity index is 208. The van der Waals surface area contributed by atoms with E-state index in [1.807, 2.05) is 0 Å². The molecule has 52 valence electrons. The van der Waals surface area contributed by atoms with E-state index in [0.29, 0.717) is 12.7 Å². The van der Waals surface area contributed by atoms with Crippen LogP contribution in [0.1, 0.15) is 6.42 Å². The van der Waals surface area contributed by atoms with Crippen molar-refractivity contribution in [2.75, 3.05) is 5.75 Å². The topological polar surface area (TPSA) is 63.2 Å². The minimum absolute atomic E-state index is 0.0798. The van der Waals surface area contributed by atoms with Crippen molar-refractivity contribution in [3.8, 4) is 0 Å². The maximum atomic E-state index is 10.5. The average molecular weight is 149 g/mol. The van der Waals surface area contributed by atoms with Crippen LogP contribution in [0, 0.1) is 0 Å². The van der Waals surface area contributed by atoms with Gasteiger partial charge < -0.3 is 4.79 Å². The predicted molar refractivity (Wildman–Crippen MR) is 31.4 cm³/mol. The van der Waals surface area contributed by atoms with Crippen LogP contribution in [0.3, 0.4) is 0 Å². The van der Waals surface area contributed by atoms with Gasteiger partial charge in [0.2, 0.25) is 10.0 Å². The quantitative estimate of drug-likeness (QED) is 0.480. The molecule has 0 aromatic heterocycles. The maximum absolute atomic E-state index is 10.5. The molecule has 1 saturated heterocycles. The Morgan fingerprint density at radius 3 is 2.44 bits per heavy atom. The molecule has 9 heavy (non-hydrogen) atoms. The van der Waals surface area contributed by atoms with Crippen LogP contribution in [0.2, 0.25) is 0 Å². The van der Waals surface area contributed by atoms with Crippen LogP contribution >= 0.6 is 0 Å². The molecular formula is C4H7NO3S. The summed E-state index contributed by atoms with van der Waals surface area (Å²) in [7, 11) is -3.09. The first-order valence-electron chi connectivity index (χ1n) is 2.59. The third-order valence-electron chi connectivity index (χ3n) is 1.19. The van der Waals surface area contributed by atoms with E-state index in [9.17, 15) is 13.2 Å². The molecule has 1 rings (SSSR count). The van der Waals surface area contributed by atoms with Gasteiger partial charge in [0.25, 0.3) is 0 Å². The smallest absolute Gasteiger partial charge is 0.212 e. The number of sulfonamides is 1. The summed E-state index contributed by atoms with van der Waals surface area (Å²) >= 11 is 0. The van der Waals surface area contributed by atoms with Crippen molar-refractivity contribution in [3.05, 3.63) is 0 Å². The van der Waals surface area contributed by atoms with Gasteiger partial charge in [0.05, 0.1) is 11.8 Å². The van der Waals surface area contributed by atoms with E-state index in [4.69, 9.17) is 0 Å². The van der Waals surface area contributed by atoms with E-state index >= 15 is 0 Å². The Kier molecular flexibility index (Phi) is 1.54. The molecule has 0 amide bonds. The lowest BCUT2D eigenvalue weighted by atomic mass is 10.3. The first-order valence-corrected chi connectivity index (χ1v) is 4.24. The molecular weight excluding hydrogens is 142 g/mol. The molecule has 1 aliphatic heterocycles. The summed E-state index contributed by atoms with van der Waals surface area (Å²) in [6, 6.07) is -0.477. The average Bonchev–Trinajstić information content (AvgIpc) is 2.10. The fourth-order valence-corrected chi connectivity index (χ4v) is 2.04. The molecule has 0 aliphatic carbocycles. The first kappa shape index (κ1) is 6.70. The van der Waals surface area contributed by atoms with E-state index < -0.39 is 16.1 Å². The first-order chi connectivity index (χ1) is 4.14. The number of carbonyl (C=O) groups excluding carboxylic acids is 1. The van der Waals surface area contributed by atoms with Crippen LogP contribution in [0.15, 0.2) is 0 Å². The van der Waals surface area contributed by atoms with Gasteiger partial charge in [0.15, 0.2) is 0 Å². The van der Waals surface area contributed by atoms with Crippen LogP contribution in [-0.4, -0.2) is 26.5 Å². The lowest BCUT2D eigenvalue weighted by Gasteiger charge is -1.93. The van der Waals surface area contributed by atoms with Crippen molar-refractivity contribution in [2.24, 2.45) is 0 Å². The number of hydrogen-bond donors (Lipinski definition) is 1. The summed E-state index contributed by atoms with van der Waals surface area (Å²) in [6.07, 6.45) is 1.02. The van der Waals surface area contributed by atoms with Crippen LogP contribution in [0.25, 0.3) is 0 Å². The summed E-state index contributed by atoms with van der Waals surface area (Å²) in [6.45, 7) is 0. The molecule has 0 spiro atoms. The van der Waals surface area contributed by atoms with Gasteiger partial charge in [-0.3, -0.25) is 0 Å². The van der Waals surface area contributed by atoms with Crippen LogP contribution in [0.4, 0.5) is 0 Å². The zero-order chi connectivity index (χ0) is 6.91. The summed E-state index contributed by atoms with van der Waals surface area (Å²) in [5.41, 5.74) is 0. The molecule has 4 nitrogen and oxygen atoms in total. The highest BCUT2D eigenvalue weighted by Crippen LogP contribution is 2.03. The van der Waals surface area contributed by atoms with E-state index in [2.05, 4.69) is 4.72 Å². The minimum atomic E-state index is -3.09. The number of nitrogens with one attached hydrogen (secondary N) is 1. The summed E-state index contributed by atoms with van der Waals surface area (Å²) < 4.78 is 23.2. The summed E-state index contributed by atoms with van der Waals surface area (Å²) in [4.78, 5) is 9.97. The van der Waals surface area contributed by atoms with Crippen molar-refractivity contribution >= 4 is 16.3 Å². The number of rotatable bonds is 1. The van der Waals surface area contributed by atoms with E-state index in [-0.39, 0.29) is 5.75 Å². The summed E-state index contributed by atoms with van der Waals surface area (Å²) in [5.74, 6) is 0.0798. The minimum Gasteiger partial charge on any atom is -0.302 e. The monoisotopic (exact) mass is 149 g/mol. The predicted octanol–water partition coefficient (Wildman–Crippen LogP) is -1.12. The third kappa shape index (κ3) is 1.49. The molecule has 0 saturated carbocycles. The van der Waals surface area contributed by atoms with E-state index in [1.54, 1.807) is 0 Å². The second-order valence-corrected chi connectivity index (χ2v) is 3.84. The van der Waals surface area contributed by atoms with Gasteiger partial charge in [0.1, 0.15) is 6.29 Å². The Morgan fingerprint density at radius 1 is 1.56 bits per heavy atom. The van der Waals surface area contributed by atoms with Crippen molar-refractivity contribution in [3.63, 3.8) is 0 Å². The van der Waals surface area contributed by atoms with Crippen molar-refractivity contribution in [1.82, 2.24) is 4.72 Å². The van der Waals surface area contributed by atoms with Crippen LogP contribution < -0.4 is 4.72 Å². The van der Waals surface area contributed by atoms with Crippen LogP contribution in [0.5, 0.6) is 0 Å². The Hall–Kier alpha value is -0.420. The van der Waals surface area contributed by atoms with Gasteiger partial charge >= 0.3 is 0 Å². The van der Waals surface area contributed by atoms with Crippen LogP contribution in [-0.2, 0) is 14.8 Å². The SMILES string of the molecule is O=C[C@H]1CCS(=O)(=O)N1. The van der Waals surface area contributed by atoms with E-state index in [1.165, 1.54) is 0 Å². The molecule has 0 radical (unpaired) electrons. The molecule has 1 N–H and O–H groups in total. The van der Waals surface area contributed by atoms with Gasteiger partial charge in [-0.25, -0.2) is 13.1 Å². The lowest BCUT2D eigenvalue weighted by molar-refractivity contribution is -0.109. The number of hydrogen-bond acceptors (Lipinski definition) is 3. The second-order valence-electron chi connectivity index (χ2n) is 1.97. The molecule has 0 aromatic rings. The number of aldehydes is 1. The molecule has 0 unspecified atom stereocenters. The highest BCUT2D eigenvalue weighted by molar-refractivity contribution is 7.89. The number of carbonyl (C=O) groups is 1. The maximum Gasteiger partial charge on any atom is 0.212 e. The largest absolute Gasteiger partial charge is 0.302 e. The van der Waals surface area contributed by atoms with Gasteiger partial charge in [-0.05, 0) is 6.42 Å². The van der Waals surface area contributed by atoms with Crippen molar-refractivity contribution in [1.29, 1.82) is 0 Å². The third-order valence-corrected chi connectivity index (χ3v) is 2.63. The molecule has 0 bridgehead atoms. The lowest BCUT2D eigenvalue weighted by Crippen LogP contribution is -2.26. The molecule has 0 aromatic carbocycles. The standard InChI is InChI=1S/C4H7NO3S/c6-3-4-1-2-9(7,8)5-4/h3-5H,1-2H2/t4-/m1/s1. The van der Waals surface area contributed by atoms with Gasteiger partial charge in [-0.15, -0.1) is 0 Å². The van der Waals surface area contributed by atoms with Crippen molar-refractivity contribution in [2.45, 2.75) is 12.5 Å². The fourth-order valence-electron chi connectivity index (χ4n) is 0.726. The molecule has 5 heteroatoms.